The van der Waals surface area contributed by atoms with Crippen molar-refractivity contribution < 1.29 is 4.79 Å². The molecule has 0 radical (unpaired) electrons. The lowest BCUT2D eigenvalue weighted by atomic mass is 10.1. The van der Waals surface area contributed by atoms with E-state index in [0.717, 1.165) is 30.2 Å². The molecule has 2 fully saturated rings. The number of carbonyl (C=O) groups excluding carboxylic acids is 1. The van der Waals surface area contributed by atoms with Gasteiger partial charge in [-0.05, 0) is 37.0 Å². The summed E-state index contributed by atoms with van der Waals surface area (Å²) in [6, 6.07) is 6.75. The van der Waals surface area contributed by atoms with E-state index in [4.69, 9.17) is 11.6 Å². The minimum atomic E-state index is -0.119. The van der Waals surface area contributed by atoms with Gasteiger partial charge in [0.25, 0.3) is 0 Å². The van der Waals surface area contributed by atoms with Crippen LogP contribution in [0.15, 0.2) is 18.2 Å². The van der Waals surface area contributed by atoms with Crippen LogP contribution in [0.4, 0.5) is 5.69 Å². The highest BCUT2D eigenvalue weighted by atomic mass is 35.5. The number of hydrogen-bond acceptors (Lipinski definition) is 3. The Kier molecular flexibility index (Phi) is 4.36. The first-order valence-electron chi connectivity index (χ1n) is 7.75. The van der Waals surface area contributed by atoms with Gasteiger partial charge < -0.3 is 15.5 Å². The van der Waals surface area contributed by atoms with Gasteiger partial charge in [-0.2, -0.15) is 0 Å². The predicted octanol–water partition coefficient (Wildman–Crippen LogP) is 2.31. The first-order chi connectivity index (χ1) is 10.2. The zero-order valence-corrected chi connectivity index (χ0v) is 13.1. The molecule has 1 aromatic rings. The number of anilines is 1. The molecule has 1 heterocycles. The monoisotopic (exact) mass is 307 g/mol. The van der Waals surface area contributed by atoms with Gasteiger partial charge >= 0.3 is 0 Å². The summed E-state index contributed by atoms with van der Waals surface area (Å²) >= 11 is 6.46. The molecule has 2 aliphatic rings. The van der Waals surface area contributed by atoms with Crippen molar-refractivity contribution in [2.75, 3.05) is 18.0 Å². The van der Waals surface area contributed by atoms with Gasteiger partial charge in [0.15, 0.2) is 0 Å². The van der Waals surface area contributed by atoms with Crippen LogP contribution in [0, 0.1) is 0 Å². The zero-order valence-electron chi connectivity index (χ0n) is 12.4. The summed E-state index contributed by atoms with van der Waals surface area (Å²) in [4.78, 5) is 14.1. The highest BCUT2D eigenvalue weighted by Crippen LogP contribution is 2.30. The van der Waals surface area contributed by atoms with Gasteiger partial charge in [0, 0.05) is 25.7 Å². The van der Waals surface area contributed by atoms with E-state index >= 15 is 0 Å². The van der Waals surface area contributed by atoms with Gasteiger partial charge in [0.05, 0.1) is 10.7 Å². The Labute approximate surface area is 130 Å². The lowest BCUT2D eigenvalue weighted by Crippen LogP contribution is -2.55. The van der Waals surface area contributed by atoms with Gasteiger partial charge in [-0.1, -0.05) is 24.6 Å². The Bertz CT molecular complexity index is 530. The summed E-state index contributed by atoms with van der Waals surface area (Å²) in [6.07, 6.45) is 3.35. The Morgan fingerprint density at radius 3 is 2.90 bits per heavy atom. The second kappa shape index (κ2) is 6.24. The fraction of sp³-hybridized carbons (Fsp3) is 0.562. The molecule has 0 bridgehead atoms. The fourth-order valence-corrected chi connectivity index (χ4v) is 3.16. The van der Waals surface area contributed by atoms with Crippen LogP contribution in [-0.4, -0.2) is 31.1 Å². The number of amides is 1. The van der Waals surface area contributed by atoms with Crippen molar-refractivity contribution in [3.05, 3.63) is 28.8 Å². The molecular weight excluding hydrogens is 286 g/mol. The van der Waals surface area contributed by atoms with Crippen LogP contribution in [-0.2, 0) is 11.3 Å². The molecular formula is C16H22ClN3O. The number of hydrogen-bond donors (Lipinski definition) is 2. The molecule has 1 saturated heterocycles. The Hall–Kier alpha value is -1.26. The van der Waals surface area contributed by atoms with Crippen LogP contribution in [0.5, 0.6) is 0 Å². The van der Waals surface area contributed by atoms with Crippen LogP contribution < -0.4 is 15.5 Å². The number of nitrogens with zero attached hydrogens (tertiary/aromatic N) is 1. The van der Waals surface area contributed by atoms with Crippen LogP contribution in [0.25, 0.3) is 0 Å². The lowest BCUT2D eigenvalue weighted by Gasteiger charge is -2.36. The minimum absolute atomic E-state index is 0.0966. The minimum Gasteiger partial charge on any atom is -0.357 e. The molecule has 1 aliphatic carbocycles. The molecule has 1 unspecified atom stereocenters. The van der Waals surface area contributed by atoms with Crippen LogP contribution in [0.2, 0.25) is 5.02 Å². The number of nitrogens with one attached hydrogen (secondary N) is 2. The van der Waals surface area contributed by atoms with E-state index in [1.54, 1.807) is 0 Å². The molecule has 3 rings (SSSR count). The maximum atomic E-state index is 12.0. The molecule has 0 aromatic heterocycles. The van der Waals surface area contributed by atoms with Crippen molar-refractivity contribution in [3.8, 4) is 0 Å². The largest absolute Gasteiger partial charge is 0.357 e. The summed E-state index contributed by atoms with van der Waals surface area (Å²) in [6.45, 7) is 4.38. The first-order valence-corrected chi connectivity index (χ1v) is 8.13. The molecule has 0 spiro atoms. The lowest BCUT2D eigenvalue weighted by molar-refractivity contribution is -0.123. The second-order valence-electron chi connectivity index (χ2n) is 5.85. The molecule has 1 amide bonds. The fourth-order valence-electron chi connectivity index (χ4n) is 2.85. The summed E-state index contributed by atoms with van der Waals surface area (Å²) in [7, 11) is 0. The Morgan fingerprint density at radius 2 is 2.24 bits per heavy atom. The number of benzene rings is 1. The van der Waals surface area contributed by atoms with Gasteiger partial charge in [0.2, 0.25) is 5.91 Å². The van der Waals surface area contributed by atoms with Crippen LogP contribution in [0.1, 0.15) is 31.7 Å². The van der Waals surface area contributed by atoms with E-state index in [1.165, 1.54) is 18.4 Å². The van der Waals surface area contributed by atoms with E-state index in [0.29, 0.717) is 12.6 Å². The summed E-state index contributed by atoms with van der Waals surface area (Å²) in [5.41, 5.74) is 2.17. The van der Waals surface area contributed by atoms with E-state index < -0.39 is 0 Å². The standard InChI is InChI=1S/C16H22ClN3O/c1-2-14-16(21)18-7-8-20(14)15-6-3-11(9-13(15)17)10-19-12-4-5-12/h3,6,9,12,14,19H,2,4-5,7-8,10H2,1H3,(H,18,21). The third-order valence-electron chi connectivity index (χ3n) is 4.21. The third-order valence-corrected chi connectivity index (χ3v) is 4.51. The Morgan fingerprint density at radius 1 is 1.43 bits per heavy atom. The first kappa shape index (κ1) is 14.7. The number of carbonyl (C=O) groups is 1. The Balaban J connectivity index is 1.75. The van der Waals surface area contributed by atoms with Gasteiger partial charge in [-0.15, -0.1) is 0 Å². The molecule has 4 nitrogen and oxygen atoms in total. The molecule has 1 aliphatic heterocycles. The van der Waals surface area contributed by atoms with E-state index in [1.807, 2.05) is 19.1 Å². The average Bonchev–Trinajstić information content (AvgIpc) is 3.29. The third kappa shape index (κ3) is 3.33. The molecule has 5 heteroatoms. The maximum absolute atomic E-state index is 12.0. The van der Waals surface area contributed by atoms with E-state index in [9.17, 15) is 4.79 Å². The van der Waals surface area contributed by atoms with Crippen LogP contribution >= 0.6 is 11.6 Å². The molecule has 114 valence electrons. The highest BCUT2D eigenvalue weighted by molar-refractivity contribution is 6.33. The summed E-state index contributed by atoms with van der Waals surface area (Å²) in [5, 5.41) is 7.14. The van der Waals surface area contributed by atoms with Crippen molar-refractivity contribution in [2.24, 2.45) is 0 Å². The van der Waals surface area contributed by atoms with E-state index in [-0.39, 0.29) is 11.9 Å². The number of rotatable bonds is 5. The average molecular weight is 308 g/mol. The zero-order chi connectivity index (χ0) is 14.8. The van der Waals surface area contributed by atoms with Crippen molar-refractivity contribution in [3.63, 3.8) is 0 Å². The van der Waals surface area contributed by atoms with Crippen molar-refractivity contribution in [1.82, 2.24) is 10.6 Å². The number of piperazine rings is 1. The maximum Gasteiger partial charge on any atom is 0.242 e. The van der Waals surface area contributed by atoms with E-state index in [2.05, 4.69) is 21.6 Å². The van der Waals surface area contributed by atoms with Crippen molar-refractivity contribution >= 4 is 23.2 Å². The van der Waals surface area contributed by atoms with Gasteiger partial charge in [-0.25, -0.2) is 0 Å². The summed E-state index contributed by atoms with van der Waals surface area (Å²) in [5.74, 6) is 0.0966. The second-order valence-corrected chi connectivity index (χ2v) is 6.26. The number of halogens is 1. The molecule has 1 atom stereocenters. The predicted molar refractivity (Wildman–Crippen MR) is 85.7 cm³/mol. The van der Waals surface area contributed by atoms with Crippen molar-refractivity contribution in [2.45, 2.75) is 44.8 Å². The smallest absolute Gasteiger partial charge is 0.242 e. The van der Waals surface area contributed by atoms with Gasteiger partial charge in [0.1, 0.15) is 6.04 Å². The quantitative estimate of drug-likeness (QED) is 0.877. The normalized spacial score (nSPS) is 22.3. The molecule has 21 heavy (non-hydrogen) atoms. The molecule has 1 aromatic carbocycles. The van der Waals surface area contributed by atoms with Crippen molar-refractivity contribution in [1.29, 1.82) is 0 Å². The van der Waals surface area contributed by atoms with Gasteiger partial charge in [-0.3, -0.25) is 4.79 Å². The SMILES string of the molecule is CCC1C(=O)NCCN1c1ccc(CNC2CC2)cc1Cl. The highest BCUT2D eigenvalue weighted by Gasteiger charge is 2.29. The molecule has 2 N–H and O–H groups in total. The summed E-state index contributed by atoms with van der Waals surface area (Å²) < 4.78 is 0. The topological polar surface area (TPSA) is 44.4 Å². The van der Waals surface area contributed by atoms with Crippen LogP contribution in [0.3, 0.4) is 0 Å². The molecule has 1 saturated carbocycles.